The molecule has 0 aliphatic rings. The molecule has 0 aromatic carbocycles. The molecule has 0 saturated heterocycles. The molecule has 1 N–H and O–H groups in total. The number of hydrogen-bond donors (Lipinski definition) is 1. The molecule has 0 aliphatic heterocycles. The fraction of sp³-hybridized carbons (Fsp3) is 1.00. The topological polar surface area (TPSA) is 24.5 Å². The highest BCUT2D eigenvalue weighted by Crippen LogP contribution is 1.89. The fourth-order valence-electron chi connectivity index (χ4n) is 0.780. The van der Waals surface area contributed by atoms with E-state index in [0.29, 0.717) is 0 Å². The van der Waals surface area contributed by atoms with E-state index in [9.17, 15) is 0 Å². The van der Waals surface area contributed by atoms with Crippen molar-refractivity contribution >= 4 is 9.39 Å². The number of nitrogens with one attached hydrogen (secondary N) is 1. The third kappa shape index (κ3) is 10.3. The van der Waals surface area contributed by atoms with E-state index >= 15 is 0 Å². The Hall–Kier alpha value is 0.310. The summed E-state index contributed by atoms with van der Waals surface area (Å²) in [6.07, 6.45) is 2.33. The van der Waals surface area contributed by atoms with Gasteiger partial charge >= 0.3 is 0 Å². The van der Waals surface area contributed by atoms with Crippen LogP contribution in [0.3, 0.4) is 0 Å². The van der Waals surface area contributed by atoms with Gasteiger partial charge in [-0.2, -0.15) is 0 Å². The van der Waals surface area contributed by atoms with Gasteiger partial charge in [-0.3, -0.25) is 0 Å². The molecule has 0 radical (unpaired) electrons. The van der Waals surface area contributed by atoms with Crippen molar-refractivity contribution in [2.45, 2.75) is 12.8 Å². The van der Waals surface area contributed by atoms with Crippen LogP contribution in [0.2, 0.25) is 0 Å². The van der Waals surface area contributed by atoms with Crippen LogP contribution in [0.1, 0.15) is 12.8 Å². The molecule has 0 rings (SSSR count). The average Bonchev–Trinajstić information content (AvgIpc) is 2.02. The van der Waals surface area contributed by atoms with Gasteiger partial charge in [-0.25, -0.2) is 0 Å². The molecule has 0 fully saturated rings. The molecular formula is C8H21N2OP. The number of unbranched alkanes of at least 4 members (excludes halogenated alkanes) is 1. The van der Waals surface area contributed by atoms with Gasteiger partial charge < -0.3 is 14.7 Å². The molecule has 0 amide bonds. The van der Waals surface area contributed by atoms with E-state index in [1.165, 1.54) is 6.42 Å². The van der Waals surface area contributed by atoms with E-state index in [1.54, 1.807) is 0 Å². The van der Waals surface area contributed by atoms with E-state index in [0.717, 1.165) is 32.7 Å². The quantitative estimate of drug-likeness (QED) is 0.453. The van der Waals surface area contributed by atoms with Gasteiger partial charge in [0.2, 0.25) is 0 Å². The molecule has 74 valence electrons. The van der Waals surface area contributed by atoms with E-state index in [4.69, 9.17) is 4.74 Å². The second-order valence-corrected chi connectivity index (χ2v) is 3.49. The molecule has 0 saturated carbocycles. The largest absolute Gasteiger partial charge is 0.380 e. The summed E-state index contributed by atoms with van der Waals surface area (Å²) < 4.78 is 5.41. The Bertz CT molecular complexity index is 91.1. The second-order valence-electron chi connectivity index (χ2n) is 3.08. The number of ether oxygens (including phenoxy) is 1. The minimum atomic E-state index is 0.849. The molecule has 0 aromatic heterocycles. The van der Waals surface area contributed by atoms with Crippen LogP contribution in [-0.2, 0) is 4.74 Å². The van der Waals surface area contributed by atoms with Crippen LogP contribution in [0.5, 0.6) is 0 Å². The molecule has 4 heteroatoms. The van der Waals surface area contributed by atoms with Crippen molar-refractivity contribution in [3.63, 3.8) is 0 Å². The summed E-state index contributed by atoms with van der Waals surface area (Å²) in [6.45, 7) is 3.81. The Balaban J connectivity index is 2.82. The Morgan fingerprint density at radius 3 is 2.58 bits per heavy atom. The highest BCUT2D eigenvalue weighted by Gasteiger charge is 1.90. The third-order valence-electron chi connectivity index (χ3n) is 1.54. The summed E-state index contributed by atoms with van der Waals surface area (Å²) >= 11 is 0. The molecule has 3 nitrogen and oxygen atoms in total. The zero-order valence-electron chi connectivity index (χ0n) is 8.18. The zero-order valence-corrected chi connectivity index (χ0v) is 9.33. The maximum absolute atomic E-state index is 5.41. The maximum Gasteiger partial charge on any atom is 0.0593 e. The molecule has 0 aliphatic carbocycles. The lowest BCUT2D eigenvalue weighted by Gasteiger charge is -2.09. The van der Waals surface area contributed by atoms with E-state index in [2.05, 4.69) is 33.5 Å². The number of rotatable bonds is 8. The first kappa shape index (κ1) is 12.3. The maximum atomic E-state index is 5.41. The van der Waals surface area contributed by atoms with Gasteiger partial charge in [-0.05, 0) is 33.5 Å². The third-order valence-corrected chi connectivity index (χ3v) is 1.83. The van der Waals surface area contributed by atoms with Crippen LogP contribution in [-0.4, -0.2) is 45.3 Å². The minimum absolute atomic E-state index is 0.849. The van der Waals surface area contributed by atoms with Crippen molar-refractivity contribution in [2.75, 3.05) is 40.4 Å². The Kier molecular flexibility index (Phi) is 9.64. The van der Waals surface area contributed by atoms with E-state index < -0.39 is 0 Å². The van der Waals surface area contributed by atoms with Gasteiger partial charge in [0, 0.05) is 13.2 Å². The molecule has 0 bridgehead atoms. The molecule has 0 aromatic rings. The molecular weight excluding hydrogens is 171 g/mol. The Morgan fingerprint density at radius 1 is 1.25 bits per heavy atom. The highest BCUT2D eigenvalue weighted by atomic mass is 31.0. The van der Waals surface area contributed by atoms with Crippen LogP contribution in [0.25, 0.3) is 0 Å². The van der Waals surface area contributed by atoms with Crippen LogP contribution >= 0.6 is 9.39 Å². The predicted octanol–water partition coefficient (Wildman–Crippen LogP) is 0.724. The van der Waals surface area contributed by atoms with Gasteiger partial charge in [-0.1, -0.05) is 9.39 Å². The molecule has 1 atom stereocenters. The number of likely N-dealkylation sites (N-methyl/N-ethyl adjacent to an activating group) is 1. The summed E-state index contributed by atoms with van der Waals surface area (Å²) in [6, 6.07) is 0. The van der Waals surface area contributed by atoms with Gasteiger partial charge in [0.15, 0.2) is 0 Å². The Labute approximate surface area is 78.1 Å². The van der Waals surface area contributed by atoms with E-state index in [-0.39, 0.29) is 0 Å². The van der Waals surface area contributed by atoms with Crippen molar-refractivity contribution in [3.05, 3.63) is 0 Å². The minimum Gasteiger partial charge on any atom is -0.380 e. The monoisotopic (exact) mass is 192 g/mol. The summed E-state index contributed by atoms with van der Waals surface area (Å²) in [5.74, 6) is 0. The first-order chi connectivity index (χ1) is 5.77. The SMILES string of the molecule is CN(C)CCOCCCCNP. The van der Waals surface area contributed by atoms with E-state index in [1.807, 2.05) is 0 Å². The van der Waals surface area contributed by atoms with Crippen molar-refractivity contribution in [2.24, 2.45) is 0 Å². The molecule has 0 heterocycles. The predicted molar refractivity (Wildman–Crippen MR) is 56.3 cm³/mol. The summed E-state index contributed by atoms with van der Waals surface area (Å²) in [5.41, 5.74) is 0. The first-order valence-corrected chi connectivity index (χ1v) is 5.01. The Morgan fingerprint density at radius 2 is 2.00 bits per heavy atom. The highest BCUT2D eigenvalue weighted by molar-refractivity contribution is 7.13. The molecule has 12 heavy (non-hydrogen) atoms. The second kappa shape index (κ2) is 9.40. The average molecular weight is 192 g/mol. The summed E-state index contributed by atoms with van der Waals surface area (Å²) in [4.78, 5) is 2.13. The molecule has 0 spiro atoms. The van der Waals surface area contributed by atoms with Crippen LogP contribution in [0.15, 0.2) is 0 Å². The lowest BCUT2D eigenvalue weighted by Crippen LogP contribution is -2.18. The van der Waals surface area contributed by atoms with Crippen LogP contribution < -0.4 is 5.09 Å². The van der Waals surface area contributed by atoms with Crippen molar-refractivity contribution in [1.82, 2.24) is 9.99 Å². The summed E-state index contributed by atoms with van der Waals surface area (Å²) in [5, 5.41) is 3.03. The fourth-order valence-corrected chi connectivity index (χ4v) is 0.984. The van der Waals surface area contributed by atoms with Gasteiger partial charge in [0.25, 0.3) is 0 Å². The number of hydrogen-bond acceptors (Lipinski definition) is 3. The van der Waals surface area contributed by atoms with Crippen molar-refractivity contribution in [1.29, 1.82) is 0 Å². The van der Waals surface area contributed by atoms with Gasteiger partial charge in [0.05, 0.1) is 6.61 Å². The first-order valence-electron chi connectivity index (χ1n) is 4.43. The molecule has 1 unspecified atom stereocenters. The van der Waals surface area contributed by atoms with Gasteiger partial charge in [0.1, 0.15) is 0 Å². The van der Waals surface area contributed by atoms with Crippen LogP contribution in [0, 0.1) is 0 Å². The normalized spacial score (nSPS) is 11.0. The van der Waals surface area contributed by atoms with Crippen LogP contribution in [0.4, 0.5) is 0 Å². The van der Waals surface area contributed by atoms with Crippen molar-refractivity contribution < 1.29 is 4.74 Å². The zero-order chi connectivity index (χ0) is 9.23. The number of nitrogens with zero attached hydrogens (tertiary/aromatic N) is 1. The standard InChI is InChI=1S/C8H21N2OP/c1-10(2)6-8-11-7-4-3-5-9-12/h9H,3-8,12H2,1-2H3. The smallest absolute Gasteiger partial charge is 0.0593 e. The lowest BCUT2D eigenvalue weighted by molar-refractivity contribution is 0.114. The summed E-state index contributed by atoms with van der Waals surface area (Å²) in [7, 11) is 6.62. The lowest BCUT2D eigenvalue weighted by atomic mass is 10.3. The van der Waals surface area contributed by atoms with Crippen molar-refractivity contribution in [3.8, 4) is 0 Å². The van der Waals surface area contributed by atoms with Gasteiger partial charge in [-0.15, -0.1) is 0 Å².